The molecule has 0 aromatic heterocycles. The normalized spacial score (nSPS) is 12.3. The lowest BCUT2D eigenvalue weighted by atomic mass is 10.1. The van der Waals surface area contributed by atoms with Crippen LogP contribution in [0.15, 0.2) is 48.0 Å². The predicted molar refractivity (Wildman–Crippen MR) is 138 cm³/mol. The van der Waals surface area contributed by atoms with Gasteiger partial charge in [0.1, 0.15) is 23.3 Å². The lowest BCUT2D eigenvalue weighted by molar-refractivity contribution is 0.0919. The van der Waals surface area contributed by atoms with Gasteiger partial charge in [-0.1, -0.05) is 6.58 Å². The number of rotatable bonds is 12. The highest BCUT2D eigenvalue weighted by atomic mass is 19.1. The average Bonchev–Trinajstić information content (AvgIpc) is 2.74. The second-order valence-electron chi connectivity index (χ2n) is 8.60. The molecule has 2 aromatic rings. The molecule has 0 heterocycles. The fraction of sp³-hybridized carbons (Fsp3) is 0.385. The van der Waals surface area contributed by atoms with E-state index in [1.807, 2.05) is 6.92 Å². The highest BCUT2D eigenvalue weighted by Crippen LogP contribution is 2.34. The average molecular weight is 489 g/mol. The Kier molecular flexibility index (Phi) is 10.2. The molecule has 2 aromatic carbocycles. The van der Waals surface area contributed by atoms with Crippen LogP contribution in [0.3, 0.4) is 0 Å². The van der Waals surface area contributed by atoms with E-state index in [0.717, 1.165) is 0 Å². The van der Waals surface area contributed by atoms with E-state index >= 15 is 4.39 Å². The Balaban J connectivity index is 2.07. The van der Waals surface area contributed by atoms with Crippen molar-refractivity contribution in [2.75, 3.05) is 30.9 Å². The minimum Gasteiger partial charge on any atom is -0.488 e. The van der Waals surface area contributed by atoms with Crippen LogP contribution in [0.1, 0.15) is 39.7 Å². The van der Waals surface area contributed by atoms with Gasteiger partial charge in [0, 0.05) is 49.1 Å². The largest absolute Gasteiger partial charge is 0.488 e. The Morgan fingerprint density at radius 3 is 2.40 bits per heavy atom. The molecular formula is C26H34F2N4O3. The van der Waals surface area contributed by atoms with Crippen molar-refractivity contribution in [3.05, 3.63) is 54.4 Å². The minimum atomic E-state index is -1.35. The maximum absolute atomic E-state index is 15.0. The number of alkyl halides is 1. The summed E-state index contributed by atoms with van der Waals surface area (Å²) in [5.74, 6) is -0.190. The third kappa shape index (κ3) is 9.36. The van der Waals surface area contributed by atoms with E-state index in [9.17, 15) is 9.18 Å². The van der Waals surface area contributed by atoms with Gasteiger partial charge in [-0.05, 0) is 58.4 Å². The van der Waals surface area contributed by atoms with Gasteiger partial charge < -0.3 is 25.4 Å². The number of aliphatic imine (C=N–C) groups is 1. The van der Waals surface area contributed by atoms with Gasteiger partial charge >= 0.3 is 6.03 Å². The highest BCUT2D eigenvalue weighted by molar-refractivity contribution is 5.90. The van der Waals surface area contributed by atoms with Crippen LogP contribution in [0.4, 0.5) is 30.6 Å². The van der Waals surface area contributed by atoms with Crippen LogP contribution in [0.25, 0.3) is 5.70 Å². The standard InChI is InChI=1S/C26H34F2N4O3/c1-7-29-23-15-21(35-17(2)16-34-6)14-22(27)24(23)18(3)31-19-8-10-20(11-9-19)32-25(33)30-13-12-26(4,5)28/h7-11,14-15,17,31H,3,12-13,16H2,1-2,4-6H3,(H2,30,32,33)/t17-/m1/s1. The molecule has 35 heavy (non-hydrogen) atoms. The molecule has 3 N–H and O–H groups in total. The van der Waals surface area contributed by atoms with Gasteiger partial charge in [-0.25, -0.2) is 13.6 Å². The number of ether oxygens (including phenoxy) is 2. The number of halogens is 2. The molecule has 0 bridgehead atoms. The van der Waals surface area contributed by atoms with Crippen LogP contribution in [0, 0.1) is 5.82 Å². The third-order valence-electron chi connectivity index (χ3n) is 4.79. The van der Waals surface area contributed by atoms with Crippen molar-refractivity contribution in [3.63, 3.8) is 0 Å². The topological polar surface area (TPSA) is 84.0 Å². The number of urea groups is 1. The van der Waals surface area contributed by atoms with Crippen molar-refractivity contribution in [1.82, 2.24) is 5.32 Å². The Morgan fingerprint density at radius 1 is 1.20 bits per heavy atom. The molecule has 0 saturated heterocycles. The number of amides is 2. The van der Waals surface area contributed by atoms with Crippen molar-refractivity contribution < 1.29 is 23.0 Å². The molecule has 0 spiro atoms. The summed E-state index contributed by atoms with van der Waals surface area (Å²) in [5, 5.41) is 8.36. The van der Waals surface area contributed by atoms with Crippen molar-refractivity contribution in [3.8, 4) is 5.75 Å². The molecule has 0 unspecified atom stereocenters. The minimum absolute atomic E-state index is 0.214. The summed E-state index contributed by atoms with van der Waals surface area (Å²) in [7, 11) is 1.57. The van der Waals surface area contributed by atoms with Crippen LogP contribution in [0.2, 0.25) is 0 Å². The zero-order valence-electron chi connectivity index (χ0n) is 20.9. The predicted octanol–water partition coefficient (Wildman–Crippen LogP) is 6.30. The SMILES string of the molecule is C=C(Nc1ccc(NC(=O)NCCC(C)(C)F)cc1)c1c(F)cc(O[C@H](C)COC)cc1N=CC. The van der Waals surface area contributed by atoms with Crippen molar-refractivity contribution >= 4 is 35.0 Å². The summed E-state index contributed by atoms with van der Waals surface area (Å²) in [6.07, 6.45) is 1.52. The first-order valence-corrected chi connectivity index (χ1v) is 11.3. The zero-order chi connectivity index (χ0) is 26.0. The van der Waals surface area contributed by atoms with Gasteiger partial charge in [-0.15, -0.1) is 0 Å². The number of methoxy groups -OCH3 is 1. The summed E-state index contributed by atoms with van der Waals surface area (Å²) in [5.41, 5.74) is 0.739. The Labute approximate surface area is 205 Å². The number of hydrogen-bond donors (Lipinski definition) is 3. The first-order chi connectivity index (χ1) is 16.5. The highest BCUT2D eigenvalue weighted by Gasteiger charge is 2.17. The van der Waals surface area contributed by atoms with E-state index in [0.29, 0.717) is 35.1 Å². The monoisotopic (exact) mass is 488 g/mol. The second-order valence-corrected chi connectivity index (χ2v) is 8.60. The number of benzene rings is 2. The first-order valence-electron chi connectivity index (χ1n) is 11.3. The molecule has 2 rings (SSSR count). The summed E-state index contributed by atoms with van der Waals surface area (Å²) in [6, 6.07) is 9.32. The van der Waals surface area contributed by atoms with Gasteiger partial charge in [0.2, 0.25) is 0 Å². The van der Waals surface area contributed by atoms with Crippen LogP contribution in [-0.2, 0) is 4.74 Å². The number of anilines is 2. The van der Waals surface area contributed by atoms with E-state index in [1.54, 1.807) is 50.6 Å². The fourth-order valence-corrected chi connectivity index (χ4v) is 3.20. The van der Waals surface area contributed by atoms with Gasteiger partial charge in [0.05, 0.1) is 17.9 Å². The lowest BCUT2D eigenvalue weighted by Gasteiger charge is -2.18. The lowest BCUT2D eigenvalue weighted by Crippen LogP contribution is -2.32. The third-order valence-corrected chi connectivity index (χ3v) is 4.79. The van der Waals surface area contributed by atoms with E-state index < -0.39 is 17.5 Å². The Morgan fingerprint density at radius 2 is 1.83 bits per heavy atom. The van der Waals surface area contributed by atoms with E-state index in [2.05, 4.69) is 27.5 Å². The van der Waals surface area contributed by atoms with Crippen LogP contribution in [0.5, 0.6) is 5.75 Å². The van der Waals surface area contributed by atoms with E-state index in [4.69, 9.17) is 9.47 Å². The molecule has 2 amide bonds. The Hall–Kier alpha value is -3.46. The zero-order valence-corrected chi connectivity index (χ0v) is 20.9. The molecule has 1 atom stereocenters. The van der Waals surface area contributed by atoms with Crippen molar-refractivity contribution in [2.45, 2.75) is 45.9 Å². The molecule has 7 nitrogen and oxygen atoms in total. The number of nitrogens with zero attached hydrogens (tertiary/aromatic N) is 1. The number of carbonyl (C=O) groups excluding carboxylic acids is 1. The van der Waals surface area contributed by atoms with Crippen molar-refractivity contribution in [2.24, 2.45) is 4.99 Å². The second kappa shape index (κ2) is 12.9. The quantitative estimate of drug-likeness (QED) is 0.306. The molecule has 0 aliphatic rings. The van der Waals surface area contributed by atoms with Gasteiger partial charge in [-0.3, -0.25) is 4.99 Å². The van der Waals surface area contributed by atoms with Crippen LogP contribution >= 0.6 is 0 Å². The van der Waals surface area contributed by atoms with E-state index in [1.165, 1.54) is 19.9 Å². The van der Waals surface area contributed by atoms with Crippen molar-refractivity contribution in [1.29, 1.82) is 0 Å². The molecule has 0 aliphatic carbocycles. The molecule has 0 radical (unpaired) electrons. The summed E-state index contributed by atoms with van der Waals surface area (Å²) >= 11 is 0. The Bertz CT molecular complexity index is 1030. The molecule has 0 saturated carbocycles. The molecule has 0 aliphatic heterocycles. The number of hydrogen-bond acceptors (Lipinski definition) is 5. The fourth-order valence-electron chi connectivity index (χ4n) is 3.20. The first kappa shape index (κ1) is 27.8. The number of nitrogens with one attached hydrogen (secondary N) is 3. The smallest absolute Gasteiger partial charge is 0.319 e. The van der Waals surface area contributed by atoms with E-state index in [-0.39, 0.29) is 24.6 Å². The summed E-state index contributed by atoms with van der Waals surface area (Å²) < 4.78 is 39.3. The van der Waals surface area contributed by atoms with Crippen LogP contribution in [-0.4, -0.2) is 44.3 Å². The summed E-state index contributed by atoms with van der Waals surface area (Å²) in [6.45, 7) is 11.0. The van der Waals surface area contributed by atoms with Gasteiger partial charge in [0.15, 0.2) is 0 Å². The molecule has 9 heteroatoms. The maximum Gasteiger partial charge on any atom is 0.319 e. The summed E-state index contributed by atoms with van der Waals surface area (Å²) in [4.78, 5) is 16.2. The van der Waals surface area contributed by atoms with Crippen LogP contribution < -0.4 is 20.7 Å². The van der Waals surface area contributed by atoms with Gasteiger partial charge in [-0.2, -0.15) is 0 Å². The molecule has 190 valence electrons. The number of carbonyl (C=O) groups is 1. The molecule has 0 fully saturated rings. The molecular weight excluding hydrogens is 454 g/mol. The maximum atomic E-state index is 15.0. The van der Waals surface area contributed by atoms with Gasteiger partial charge in [0.25, 0.3) is 0 Å².